The van der Waals surface area contributed by atoms with E-state index in [1.165, 1.54) is 7.11 Å². The van der Waals surface area contributed by atoms with Gasteiger partial charge in [0.05, 0.1) is 25.3 Å². The zero-order chi connectivity index (χ0) is 21.7. The van der Waals surface area contributed by atoms with Crippen molar-refractivity contribution in [3.05, 3.63) is 65.2 Å². The molecule has 3 rings (SSSR count). The predicted octanol–water partition coefficient (Wildman–Crippen LogP) is 2.79. The molecule has 0 radical (unpaired) electrons. The van der Waals surface area contributed by atoms with Crippen molar-refractivity contribution < 1.29 is 23.9 Å². The van der Waals surface area contributed by atoms with Gasteiger partial charge >= 0.3 is 11.9 Å². The van der Waals surface area contributed by atoms with Gasteiger partial charge in [0.25, 0.3) is 0 Å². The summed E-state index contributed by atoms with van der Waals surface area (Å²) in [6.45, 7) is 4.11. The highest BCUT2D eigenvalue weighted by Crippen LogP contribution is 2.24. The van der Waals surface area contributed by atoms with E-state index >= 15 is 0 Å². The Morgan fingerprint density at radius 2 is 1.73 bits per heavy atom. The molecule has 1 aliphatic rings. The Bertz CT molecular complexity index is 923. The molecule has 0 unspecified atom stereocenters. The predicted molar refractivity (Wildman–Crippen MR) is 112 cm³/mol. The van der Waals surface area contributed by atoms with Crippen LogP contribution in [0, 0.1) is 0 Å². The minimum Gasteiger partial charge on any atom is -0.468 e. The SMILES string of the molecule is COC(=O)[C@H]1Cc2ccccc2CN1CC(=O)Nc1ccc(C(=O)OC(C)C)cc1. The van der Waals surface area contributed by atoms with Crippen LogP contribution >= 0.6 is 0 Å². The van der Waals surface area contributed by atoms with Crippen molar-refractivity contribution in [3.8, 4) is 0 Å². The first-order chi connectivity index (χ1) is 14.4. The summed E-state index contributed by atoms with van der Waals surface area (Å²) in [6.07, 6.45) is 0.303. The third-order valence-electron chi connectivity index (χ3n) is 4.91. The molecule has 0 saturated heterocycles. The summed E-state index contributed by atoms with van der Waals surface area (Å²) >= 11 is 0. The highest BCUT2D eigenvalue weighted by atomic mass is 16.5. The summed E-state index contributed by atoms with van der Waals surface area (Å²) in [4.78, 5) is 38.6. The van der Waals surface area contributed by atoms with Crippen LogP contribution < -0.4 is 5.32 Å². The largest absolute Gasteiger partial charge is 0.468 e. The molecule has 30 heavy (non-hydrogen) atoms. The molecular weight excluding hydrogens is 384 g/mol. The number of carbonyl (C=O) groups is 3. The summed E-state index contributed by atoms with van der Waals surface area (Å²) in [5.74, 6) is -1.01. The number of ether oxygens (including phenoxy) is 2. The Balaban J connectivity index is 1.65. The van der Waals surface area contributed by atoms with E-state index in [9.17, 15) is 14.4 Å². The molecular formula is C23H26N2O5. The number of amides is 1. The van der Waals surface area contributed by atoms with Crippen LogP contribution in [-0.2, 0) is 32.0 Å². The van der Waals surface area contributed by atoms with Gasteiger partial charge in [-0.3, -0.25) is 14.5 Å². The van der Waals surface area contributed by atoms with E-state index in [1.54, 1.807) is 38.1 Å². The molecule has 0 aliphatic carbocycles. The zero-order valence-corrected chi connectivity index (χ0v) is 17.4. The number of benzene rings is 2. The lowest BCUT2D eigenvalue weighted by molar-refractivity contribution is -0.148. The van der Waals surface area contributed by atoms with Crippen LogP contribution in [0.1, 0.15) is 35.3 Å². The van der Waals surface area contributed by atoms with Crippen LogP contribution in [0.2, 0.25) is 0 Å². The standard InChI is InChI=1S/C23H26N2O5/c1-15(2)30-22(27)16-8-10-19(11-9-16)24-21(26)14-25-13-18-7-5-4-6-17(18)12-20(25)23(28)29-3/h4-11,15,20H,12-14H2,1-3H3,(H,24,26)/t20-/m1/s1. The lowest BCUT2D eigenvalue weighted by atomic mass is 9.94. The van der Waals surface area contributed by atoms with Crippen molar-refractivity contribution in [1.82, 2.24) is 4.90 Å². The number of methoxy groups -OCH3 is 1. The van der Waals surface area contributed by atoms with Gasteiger partial charge in [0, 0.05) is 12.2 Å². The van der Waals surface area contributed by atoms with Crippen LogP contribution in [0.25, 0.3) is 0 Å². The first-order valence-corrected chi connectivity index (χ1v) is 9.87. The van der Waals surface area contributed by atoms with Crippen LogP contribution in [0.15, 0.2) is 48.5 Å². The average Bonchev–Trinajstić information content (AvgIpc) is 2.72. The Hall–Kier alpha value is -3.19. The van der Waals surface area contributed by atoms with E-state index in [4.69, 9.17) is 9.47 Å². The molecule has 0 saturated carbocycles. The third-order valence-corrected chi connectivity index (χ3v) is 4.91. The summed E-state index contributed by atoms with van der Waals surface area (Å²) in [6, 6.07) is 13.9. The number of hydrogen-bond acceptors (Lipinski definition) is 6. The van der Waals surface area contributed by atoms with Crippen LogP contribution in [0.3, 0.4) is 0 Å². The van der Waals surface area contributed by atoms with E-state index < -0.39 is 12.0 Å². The van der Waals surface area contributed by atoms with Crippen molar-refractivity contribution in [1.29, 1.82) is 0 Å². The molecule has 158 valence electrons. The van der Waals surface area contributed by atoms with Crippen molar-refractivity contribution in [2.24, 2.45) is 0 Å². The fourth-order valence-corrected chi connectivity index (χ4v) is 3.47. The minimum absolute atomic E-state index is 0.0469. The van der Waals surface area contributed by atoms with Crippen molar-refractivity contribution in [2.45, 2.75) is 39.0 Å². The number of rotatable bonds is 6. The topological polar surface area (TPSA) is 84.9 Å². The molecule has 1 heterocycles. The number of esters is 2. The summed E-state index contributed by atoms with van der Waals surface area (Å²) in [5.41, 5.74) is 3.17. The molecule has 1 aliphatic heterocycles. The van der Waals surface area contributed by atoms with Crippen molar-refractivity contribution in [2.75, 3.05) is 19.0 Å². The summed E-state index contributed by atoms with van der Waals surface area (Å²) in [7, 11) is 1.35. The highest BCUT2D eigenvalue weighted by Gasteiger charge is 2.33. The van der Waals surface area contributed by atoms with Gasteiger partial charge in [0.2, 0.25) is 5.91 Å². The van der Waals surface area contributed by atoms with Gasteiger partial charge in [0.15, 0.2) is 0 Å². The van der Waals surface area contributed by atoms with Crippen LogP contribution in [0.4, 0.5) is 5.69 Å². The molecule has 0 bridgehead atoms. The molecule has 7 nitrogen and oxygen atoms in total. The molecule has 7 heteroatoms. The van der Waals surface area contributed by atoms with E-state index in [0.717, 1.165) is 11.1 Å². The molecule has 0 aromatic heterocycles. The monoisotopic (exact) mass is 410 g/mol. The number of nitrogens with zero attached hydrogens (tertiary/aromatic N) is 1. The number of fused-ring (bicyclic) bond motifs is 1. The van der Waals surface area contributed by atoms with Gasteiger partial charge in [-0.15, -0.1) is 0 Å². The fourth-order valence-electron chi connectivity index (χ4n) is 3.47. The Labute approximate surface area is 176 Å². The van der Waals surface area contributed by atoms with Crippen molar-refractivity contribution in [3.63, 3.8) is 0 Å². The Morgan fingerprint density at radius 3 is 2.37 bits per heavy atom. The molecule has 1 amide bonds. The van der Waals surface area contributed by atoms with E-state index in [-0.39, 0.29) is 24.5 Å². The molecule has 1 N–H and O–H groups in total. The Morgan fingerprint density at radius 1 is 1.07 bits per heavy atom. The average molecular weight is 410 g/mol. The van der Waals surface area contributed by atoms with Crippen LogP contribution in [-0.4, -0.2) is 48.5 Å². The molecule has 0 fully saturated rings. The van der Waals surface area contributed by atoms with Gasteiger partial charge in [0.1, 0.15) is 6.04 Å². The second-order valence-electron chi connectivity index (χ2n) is 7.50. The lowest BCUT2D eigenvalue weighted by Crippen LogP contribution is -2.49. The zero-order valence-electron chi connectivity index (χ0n) is 17.4. The van der Waals surface area contributed by atoms with Gasteiger partial charge < -0.3 is 14.8 Å². The first-order valence-electron chi connectivity index (χ1n) is 9.87. The maximum absolute atomic E-state index is 12.6. The molecule has 2 aromatic carbocycles. The number of carbonyl (C=O) groups excluding carboxylic acids is 3. The Kier molecular flexibility index (Phi) is 6.84. The lowest BCUT2D eigenvalue weighted by Gasteiger charge is -2.34. The van der Waals surface area contributed by atoms with Gasteiger partial charge in [-0.05, 0) is 55.7 Å². The summed E-state index contributed by atoms with van der Waals surface area (Å²) < 4.78 is 10.1. The number of nitrogens with one attached hydrogen (secondary N) is 1. The molecule has 1 atom stereocenters. The second-order valence-corrected chi connectivity index (χ2v) is 7.50. The molecule has 0 spiro atoms. The van der Waals surface area contributed by atoms with Crippen LogP contribution in [0.5, 0.6) is 0 Å². The van der Waals surface area contributed by atoms with Gasteiger partial charge in [-0.25, -0.2) is 4.79 Å². The van der Waals surface area contributed by atoms with E-state index in [2.05, 4.69) is 5.32 Å². The quantitative estimate of drug-likeness (QED) is 0.737. The minimum atomic E-state index is -0.510. The normalized spacial score (nSPS) is 15.9. The highest BCUT2D eigenvalue weighted by molar-refractivity contribution is 5.94. The maximum atomic E-state index is 12.6. The number of anilines is 1. The number of hydrogen-bond donors (Lipinski definition) is 1. The van der Waals surface area contributed by atoms with E-state index in [1.807, 2.05) is 29.2 Å². The molecule has 2 aromatic rings. The summed E-state index contributed by atoms with van der Waals surface area (Å²) in [5, 5.41) is 2.81. The van der Waals surface area contributed by atoms with Crippen molar-refractivity contribution >= 4 is 23.5 Å². The first kappa shape index (κ1) is 21.5. The van der Waals surface area contributed by atoms with E-state index in [0.29, 0.717) is 24.2 Å². The smallest absolute Gasteiger partial charge is 0.338 e. The third kappa shape index (κ3) is 5.24. The fraction of sp³-hybridized carbons (Fsp3) is 0.348. The van der Waals surface area contributed by atoms with Gasteiger partial charge in [-0.1, -0.05) is 24.3 Å². The second kappa shape index (κ2) is 9.54. The maximum Gasteiger partial charge on any atom is 0.338 e. The van der Waals surface area contributed by atoms with Gasteiger partial charge in [-0.2, -0.15) is 0 Å².